The molecule has 0 aliphatic carbocycles. The Morgan fingerprint density at radius 2 is 1.82 bits per heavy atom. The largest absolute Gasteiger partial charge is 0.496 e. The lowest BCUT2D eigenvalue weighted by Crippen LogP contribution is -2.57. The number of methoxy groups -OCH3 is 1. The molecule has 0 radical (unpaired) electrons. The van der Waals surface area contributed by atoms with Gasteiger partial charge in [0.1, 0.15) is 11.9 Å². The molecule has 3 aliphatic heterocycles. The van der Waals surface area contributed by atoms with Crippen molar-refractivity contribution in [3.05, 3.63) is 54.1 Å². The van der Waals surface area contributed by atoms with E-state index in [1.54, 1.807) is 7.11 Å². The molecule has 1 atom stereocenters. The average Bonchev–Trinajstić information content (AvgIpc) is 3.29. The predicted molar refractivity (Wildman–Crippen MR) is 132 cm³/mol. The van der Waals surface area contributed by atoms with Crippen LogP contribution in [0.4, 0.5) is 5.95 Å². The Morgan fingerprint density at radius 3 is 2.71 bits per heavy atom. The zero-order valence-corrected chi connectivity index (χ0v) is 19.6. The lowest BCUT2D eigenvalue weighted by atomic mass is 10.1. The van der Waals surface area contributed by atoms with Crippen molar-refractivity contribution in [3.63, 3.8) is 0 Å². The molecule has 1 fully saturated rings. The number of hydrogen-bond donors (Lipinski definition) is 1. The molecule has 2 aromatic carbocycles. The molecule has 178 valence electrons. The second-order valence-corrected chi connectivity index (χ2v) is 8.95. The number of aromatic nitrogens is 2. The van der Waals surface area contributed by atoms with E-state index in [0.717, 1.165) is 86.7 Å². The predicted octanol–water partition coefficient (Wildman–Crippen LogP) is 2.31. The van der Waals surface area contributed by atoms with E-state index in [4.69, 9.17) is 19.5 Å². The van der Waals surface area contributed by atoms with Crippen molar-refractivity contribution in [2.45, 2.75) is 12.6 Å². The third-order valence-electron chi connectivity index (χ3n) is 6.85. The molecule has 34 heavy (non-hydrogen) atoms. The van der Waals surface area contributed by atoms with E-state index in [1.165, 1.54) is 0 Å². The number of hydrogen-bond acceptors (Lipinski definition) is 8. The molecule has 4 heterocycles. The molecular formula is C25H31N7O2. The van der Waals surface area contributed by atoms with Gasteiger partial charge < -0.3 is 14.8 Å². The van der Waals surface area contributed by atoms with Crippen LogP contribution in [0.25, 0.3) is 11.0 Å². The highest BCUT2D eigenvalue weighted by molar-refractivity contribution is 5.99. The molecule has 1 saturated heterocycles. The minimum atomic E-state index is -0.151. The van der Waals surface area contributed by atoms with Crippen molar-refractivity contribution < 1.29 is 9.47 Å². The summed E-state index contributed by atoms with van der Waals surface area (Å²) < 4.78 is 13.4. The molecule has 3 aliphatic rings. The maximum Gasteiger partial charge on any atom is 0.216 e. The van der Waals surface area contributed by atoms with Crippen LogP contribution < -0.4 is 15.0 Å². The Kier molecular flexibility index (Phi) is 5.82. The molecule has 0 spiro atoms. The van der Waals surface area contributed by atoms with Crippen LogP contribution in [-0.4, -0.2) is 85.2 Å². The lowest BCUT2D eigenvalue weighted by Gasteiger charge is -2.42. The normalized spacial score (nSPS) is 21.0. The quantitative estimate of drug-likeness (QED) is 0.604. The van der Waals surface area contributed by atoms with E-state index < -0.39 is 0 Å². The first-order valence-corrected chi connectivity index (χ1v) is 12.0. The number of benzene rings is 2. The molecular weight excluding hydrogens is 430 g/mol. The Hall–Kier alpha value is -3.14. The summed E-state index contributed by atoms with van der Waals surface area (Å²) in [6, 6.07) is 16.4. The van der Waals surface area contributed by atoms with E-state index in [0.29, 0.717) is 6.67 Å². The Balaban J connectivity index is 1.29. The summed E-state index contributed by atoms with van der Waals surface area (Å²) in [7, 11) is 1.72. The van der Waals surface area contributed by atoms with Crippen molar-refractivity contribution in [1.29, 1.82) is 0 Å². The Bertz CT molecular complexity index is 1190. The van der Waals surface area contributed by atoms with Crippen molar-refractivity contribution in [2.24, 2.45) is 4.99 Å². The van der Waals surface area contributed by atoms with Gasteiger partial charge in [0.25, 0.3) is 0 Å². The smallest absolute Gasteiger partial charge is 0.216 e. The molecule has 9 nitrogen and oxygen atoms in total. The average molecular weight is 462 g/mol. The first kappa shape index (κ1) is 21.4. The van der Waals surface area contributed by atoms with Crippen LogP contribution in [0.15, 0.2) is 53.5 Å². The third kappa shape index (κ3) is 3.89. The van der Waals surface area contributed by atoms with Crippen LogP contribution in [0.2, 0.25) is 0 Å². The molecule has 1 aromatic heterocycles. The Labute approximate surface area is 199 Å². The van der Waals surface area contributed by atoms with Crippen LogP contribution in [0.3, 0.4) is 0 Å². The van der Waals surface area contributed by atoms with Gasteiger partial charge in [-0.2, -0.15) is 0 Å². The first-order valence-electron chi connectivity index (χ1n) is 12.0. The summed E-state index contributed by atoms with van der Waals surface area (Å²) in [6.45, 7) is 7.31. The van der Waals surface area contributed by atoms with Gasteiger partial charge in [0.05, 0.1) is 44.7 Å². The number of morpholine rings is 1. The van der Waals surface area contributed by atoms with Gasteiger partial charge in [-0.25, -0.2) is 9.98 Å². The molecule has 0 amide bonds. The van der Waals surface area contributed by atoms with E-state index >= 15 is 0 Å². The first-order chi connectivity index (χ1) is 16.8. The summed E-state index contributed by atoms with van der Waals surface area (Å²) in [5.74, 6) is 2.62. The number of nitrogens with one attached hydrogen (secondary N) is 1. The Morgan fingerprint density at radius 1 is 1.03 bits per heavy atom. The molecule has 9 heteroatoms. The summed E-state index contributed by atoms with van der Waals surface area (Å²) in [4.78, 5) is 17.0. The number of para-hydroxylation sites is 3. The molecule has 1 N–H and O–H groups in total. The van der Waals surface area contributed by atoms with Crippen molar-refractivity contribution in [1.82, 2.24) is 24.7 Å². The second kappa shape index (κ2) is 9.25. The maximum atomic E-state index is 5.70. The van der Waals surface area contributed by atoms with Crippen LogP contribution in [0.1, 0.15) is 18.2 Å². The fourth-order valence-corrected chi connectivity index (χ4v) is 5.10. The summed E-state index contributed by atoms with van der Waals surface area (Å²) in [5, 5.41) is 3.68. The highest BCUT2D eigenvalue weighted by Crippen LogP contribution is 2.36. The van der Waals surface area contributed by atoms with Gasteiger partial charge in [0.15, 0.2) is 0 Å². The zero-order chi connectivity index (χ0) is 22.9. The molecule has 0 saturated carbocycles. The SMILES string of the molecule is COc1ccccc1C1NC2=NCN(CCCN3CCOCC3)CN2c2nc3ccccc3n21. The molecule has 0 bridgehead atoms. The van der Waals surface area contributed by atoms with Crippen molar-refractivity contribution in [3.8, 4) is 5.75 Å². The van der Waals surface area contributed by atoms with Gasteiger partial charge in [-0.1, -0.05) is 30.3 Å². The van der Waals surface area contributed by atoms with Gasteiger partial charge in [-0.15, -0.1) is 0 Å². The molecule has 1 unspecified atom stereocenters. The van der Waals surface area contributed by atoms with Gasteiger partial charge in [-0.3, -0.25) is 19.3 Å². The molecule has 6 rings (SSSR count). The van der Waals surface area contributed by atoms with Crippen LogP contribution in [0, 0.1) is 0 Å². The van der Waals surface area contributed by atoms with Crippen LogP contribution >= 0.6 is 0 Å². The number of fused-ring (bicyclic) bond motifs is 5. The number of guanidine groups is 1. The molecule has 3 aromatic rings. The highest BCUT2D eigenvalue weighted by atomic mass is 16.5. The van der Waals surface area contributed by atoms with Crippen molar-refractivity contribution in [2.75, 3.05) is 64.7 Å². The number of anilines is 1. The second-order valence-electron chi connectivity index (χ2n) is 8.95. The van der Waals surface area contributed by atoms with Gasteiger partial charge >= 0.3 is 0 Å². The fraction of sp³-hybridized carbons (Fsp3) is 0.440. The zero-order valence-electron chi connectivity index (χ0n) is 19.6. The van der Waals surface area contributed by atoms with E-state index in [9.17, 15) is 0 Å². The summed E-state index contributed by atoms with van der Waals surface area (Å²) in [6.07, 6.45) is 0.966. The standard InChI is InChI=1S/C25H31N7O2/c1-33-22-10-5-2-7-19(22)23-28-24-26-17-30(12-6-11-29-13-15-34-16-14-29)18-31(24)25-27-20-8-3-4-9-21(20)32(23)25/h2-5,7-10,23H,6,11-18H2,1H3,(H,26,28). The third-order valence-corrected chi connectivity index (χ3v) is 6.85. The highest BCUT2D eigenvalue weighted by Gasteiger charge is 2.36. The van der Waals surface area contributed by atoms with Crippen LogP contribution in [-0.2, 0) is 4.74 Å². The van der Waals surface area contributed by atoms with Gasteiger partial charge in [0.2, 0.25) is 11.9 Å². The number of aliphatic imine (C=N–C) groups is 1. The van der Waals surface area contributed by atoms with E-state index in [2.05, 4.69) is 48.8 Å². The van der Waals surface area contributed by atoms with Crippen LogP contribution in [0.5, 0.6) is 5.75 Å². The van der Waals surface area contributed by atoms with Gasteiger partial charge in [0, 0.05) is 25.2 Å². The number of ether oxygens (including phenoxy) is 2. The minimum Gasteiger partial charge on any atom is -0.496 e. The monoisotopic (exact) mass is 461 g/mol. The fourth-order valence-electron chi connectivity index (χ4n) is 5.10. The number of nitrogens with zero attached hydrogens (tertiary/aromatic N) is 6. The summed E-state index contributed by atoms with van der Waals surface area (Å²) >= 11 is 0. The van der Waals surface area contributed by atoms with Gasteiger partial charge in [-0.05, 0) is 31.2 Å². The maximum absolute atomic E-state index is 5.70. The van der Waals surface area contributed by atoms with E-state index in [-0.39, 0.29) is 6.17 Å². The van der Waals surface area contributed by atoms with E-state index in [1.807, 2.05) is 24.3 Å². The topological polar surface area (TPSA) is 70.4 Å². The lowest BCUT2D eigenvalue weighted by molar-refractivity contribution is 0.0361. The number of rotatable bonds is 6. The minimum absolute atomic E-state index is 0.151. The van der Waals surface area contributed by atoms with Crippen molar-refractivity contribution >= 4 is 22.9 Å². The number of imidazole rings is 1. The summed E-state index contributed by atoms with van der Waals surface area (Å²) in [5.41, 5.74) is 3.12.